The number of amides is 1. The van der Waals surface area contributed by atoms with Crippen LogP contribution in [0.15, 0.2) is 23.4 Å². The molecule has 1 saturated heterocycles. The van der Waals surface area contributed by atoms with E-state index in [-0.39, 0.29) is 44.6 Å². The average molecular weight is 566 g/mol. The molecule has 216 valence electrons. The molecule has 1 aliphatic rings. The van der Waals surface area contributed by atoms with Crippen LogP contribution in [0, 0.1) is 0 Å². The summed E-state index contributed by atoms with van der Waals surface area (Å²) in [5, 5.41) is 5.31. The Hall–Kier alpha value is -3.43. The van der Waals surface area contributed by atoms with Crippen LogP contribution in [0.25, 0.3) is 0 Å². The number of hydrogen-bond donors (Lipinski definition) is 1. The molecule has 0 spiro atoms. The maximum Gasteiger partial charge on any atom is 0.423 e. The second kappa shape index (κ2) is 12.6. The van der Waals surface area contributed by atoms with E-state index in [0.717, 1.165) is 6.20 Å². The Kier molecular flexibility index (Phi) is 9.74. The molecule has 3 rings (SSSR count). The lowest BCUT2D eigenvalue weighted by atomic mass is 10.1. The first kappa shape index (κ1) is 30.1. The zero-order chi connectivity index (χ0) is 28.8. The zero-order valence-corrected chi connectivity index (χ0v) is 21.3. The Morgan fingerprint density at radius 1 is 1.05 bits per heavy atom. The van der Waals surface area contributed by atoms with Crippen molar-refractivity contribution in [3.63, 3.8) is 0 Å². The average Bonchev–Trinajstić information content (AvgIpc) is 2.89. The van der Waals surface area contributed by atoms with Gasteiger partial charge in [-0.3, -0.25) is 9.59 Å². The van der Waals surface area contributed by atoms with E-state index in [0.29, 0.717) is 38.3 Å². The molecular formula is C23H29F6N7O3. The number of carbonyl (C=O) groups is 1. The summed E-state index contributed by atoms with van der Waals surface area (Å²) in [4.78, 5) is 36.8. The van der Waals surface area contributed by atoms with Crippen LogP contribution >= 0.6 is 0 Å². The first-order valence-electron chi connectivity index (χ1n) is 12.3. The molecule has 10 nitrogen and oxygen atoms in total. The number of aromatic amines is 1. The lowest BCUT2D eigenvalue weighted by Crippen LogP contribution is -2.50. The maximum absolute atomic E-state index is 13.5. The van der Waals surface area contributed by atoms with E-state index in [1.165, 1.54) is 4.90 Å². The van der Waals surface area contributed by atoms with Crippen molar-refractivity contribution in [1.29, 1.82) is 0 Å². The number of alkyl halides is 6. The number of hydrogen-bond acceptors (Lipinski definition) is 8. The third-order valence-corrected chi connectivity index (χ3v) is 6.16. The highest BCUT2D eigenvalue weighted by atomic mass is 19.4. The number of ether oxygens (including phenoxy) is 1. The number of rotatable bonds is 10. The molecule has 1 fully saturated rings. The van der Waals surface area contributed by atoms with Crippen LogP contribution in [0.1, 0.15) is 44.2 Å². The highest BCUT2D eigenvalue weighted by Gasteiger charge is 2.39. The van der Waals surface area contributed by atoms with Crippen molar-refractivity contribution in [3.8, 4) is 0 Å². The molecule has 1 aliphatic heterocycles. The Morgan fingerprint density at radius 2 is 1.69 bits per heavy atom. The third kappa shape index (κ3) is 7.80. The van der Waals surface area contributed by atoms with Gasteiger partial charge in [-0.1, -0.05) is 13.8 Å². The molecule has 0 saturated carbocycles. The van der Waals surface area contributed by atoms with E-state index in [4.69, 9.17) is 4.74 Å². The highest BCUT2D eigenvalue weighted by molar-refractivity contribution is 5.77. The van der Waals surface area contributed by atoms with Gasteiger partial charge < -0.3 is 19.4 Å². The van der Waals surface area contributed by atoms with Crippen molar-refractivity contribution in [1.82, 2.24) is 25.1 Å². The molecule has 3 heterocycles. The summed E-state index contributed by atoms with van der Waals surface area (Å²) in [6.07, 6.45) is -6.83. The molecule has 1 amide bonds. The number of nitrogens with one attached hydrogen (secondary N) is 1. The summed E-state index contributed by atoms with van der Waals surface area (Å²) < 4.78 is 84.6. The Labute approximate surface area is 220 Å². The smallest absolute Gasteiger partial charge is 0.357 e. The number of halogens is 6. The molecule has 16 heteroatoms. The van der Waals surface area contributed by atoms with Gasteiger partial charge in [0.2, 0.25) is 11.9 Å². The zero-order valence-electron chi connectivity index (χ0n) is 21.3. The summed E-state index contributed by atoms with van der Waals surface area (Å²) in [6, 6.07) is 0. The minimum atomic E-state index is -4.90. The number of anilines is 2. The molecule has 0 aliphatic carbocycles. The van der Waals surface area contributed by atoms with Crippen LogP contribution in [0.5, 0.6) is 0 Å². The quantitative estimate of drug-likeness (QED) is 0.346. The summed E-state index contributed by atoms with van der Waals surface area (Å²) in [7, 11) is 0. The van der Waals surface area contributed by atoms with Gasteiger partial charge in [0, 0.05) is 45.1 Å². The van der Waals surface area contributed by atoms with Crippen molar-refractivity contribution in [2.45, 2.75) is 51.6 Å². The van der Waals surface area contributed by atoms with Crippen molar-refractivity contribution in [2.75, 3.05) is 49.3 Å². The van der Waals surface area contributed by atoms with Gasteiger partial charge in [-0.25, -0.2) is 15.1 Å². The molecule has 0 aromatic carbocycles. The van der Waals surface area contributed by atoms with Crippen LogP contribution in [0.3, 0.4) is 0 Å². The van der Waals surface area contributed by atoms with Gasteiger partial charge in [0.1, 0.15) is 12.3 Å². The molecule has 1 atom stereocenters. The molecule has 2 aromatic heterocycles. The Morgan fingerprint density at radius 3 is 2.23 bits per heavy atom. The molecule has 0 radical (unpaired) electrons. The van der Waals surface area contributed by atoms with E-state index in [9.17, 15) is 35.9 Å². The first-order chi connectivity index (χ1) is 18.3. The van der Waals surface area contributed by atoms with Gasteiger partial charge in [-0.05, 0) is 12.8 Å². The SMILES string of the molecule is CCCN(COC(CC)CC(=O)N1CCN(c2ncc(C(F)(F)F)cn2)CC1)c1cn[nH]c(=O)c1C(F)(F)F. The van der Waals surface area contributed by atoms with Gasteiger partial charge in [0.25, 0.3) is 5.56 Å². The number of aromatic nitrogens is 4. The summed E-state index contributed by atoms with van der Waals surface area (Å²) in [5.74, 6) is -0.0981. The lowest BCUT2D eigenvalue weighted by molar-refractivity contribution is -0.139. The van der Waals surface area contributed by atoms with Crippen LogP contribution in [-0.2, 0) is 21.9 Å². The predicted molar refractivity (Wildman–Crippen MR) is 128 cm³/mol. The van der Waals surface area contributed by atoms with Gasteiger partial charge in [-0.2, -0.15) is 31.4 Å². The van der Waals surface area contributed by atoms with Crippen LogP contribution in [-0.4, -0.2) is 76.5 Å². The van der Waals surface area contributed by atoms with E-state index in [2.05, 4.69) is 15.1 Å². The monoisotopic (exact) mass is 565 g/mol. The fourth-order valence-corrected chi connectivity index (χ4v) is 4.05. The van der Waals surface area contributed by atoms with E-state index in [1.54, 1.807) is 28.7 Å². The molecule has 1 N–H and O–H groups in total. The second-order valence-corrected chi connectivity index (χ2v) is 8.89. The standard InChI is InChI=1S/C23H29F6N7O3/c1-3-5-36(17-13-32-33-20(38)19(17)23(27,28)29)14-39-16(4-2)10-18(37)34-6-8-35(9-7-34)21-30-11-15(12-31-21)22(24,25)26/h11-13,16H,3-10,14H2,1-2H3,(H,33,38). The second-order valence-electron chi connectivity index (χ2n) is 8.89. The lowest BCUT2D eigenvalue weighted by Gasteiger charge is -2.35. The van der Waals surface area contributed by atoms with E-state index >= 15 is 0 Å². The predicted octanol–water partition coefficient (Wildman–Crippen LogP) is 3.31. The number of piperazine rings is 1. The van der Waals surface area contributed by atoms with Gasteiger partial charge in [0.05, 0.1) is 30.0 Å². The van der Waals surface area contributed by atoms with Gasteiger partial charge in [0.15, 0.2) is 0 Å². The number of carbonyl (C=O) groups excluding carboxylic acids is 1. The molecule has 39 heavy (non-hydrogen) atoms. The molecule has 0 bridgehead atoms. The van der Waals surface area contributed by atoms with Crippen molar-refractivity contribution < 1.29 is 35.9 Å². The Balaban J connectivity index is 1.58. The van der Waals surface area contributed by atoms with Crippen molar-refractivity contribution in [2.24, 2.45) is 0 Å². The first-order valence-corrected chi connectivity index (χ1v) is 12.3. The van der Waals surface area contributed by atoms with E-state index in [1.807, 2.05) is 0 Å². The summed E-state index contributed by atoms with van der Waals surface area (Å²) >= 11 is 0. The largest absolute Gasteiger partial charge is 0.423 e. The molecule has 2 aromatic rings. The van der Waals surface area contributed by atoms with E-state index < -0.39 is 40.8 Å². The third-order valence-electron chi connectivity index (χ3n) is 6.16. The van der Waals surface area contributed by atoms with Crippen LogP contribution < -0.4 is 15.4 Å². The summed E-state index contributed by atoms with van der Waals surface area (Å²) in [6.45, 7) is 4.61. The summed E-state index contributed by atoms with van der Waals surface area (Å²) in [5.41, 5.74) is -4.08. The minimum Gasteiger partial charge on any atom is -0.357 e. The van der Waals surface area contributed by atoms with Gasteiger partial charge in [-0.15, -0.1) is 0 Å². The Bertz CT molecular complexity index is 1150. The topological polar surface area (TPSA) is 108 Å². The molecular weight excluding hydrogens is 536 g/mol. The van der Waals surface area contributed by atoms with Crippen LogP contribution in [0.4, 0.5) is 38.0 Å². The maximum atomic E-state index is 13.5. The fraction of sp³-hybridized carbons (Fsp3) is 0.609. The normalized spacial score (nSPS) is 15.4. The highest BCUT2D eigenvalue weighted by Crippen LogP contribution is 2.33. The van der Waals surface area contributed by atoms with Gasteiger partial charge >= 0.3 is 12.4 Å². The minimum absolute atomic E-state index is 0.0208. The number of nitrogens with zero attached hydrogens (tertiary/aromatic N) is 6. The molecule has 1 unspecified atom stereocenters. The number of H-pyrrole nitrogens is 1. The van der Waals surface area contributed by atoms with Crippen molar-refractivity contribution >= 4 is 17.5 Å². The fourth-order valence-electron chi connectivity index (χ4n) is 4.05. The van der Waals surface area contributed by atoms with Crippen LogP contribution in [0.2, 0.25) is 0 Å². The van der Waals surface area contributed by atoms with Crippen molar-refractivity contribution in [3.05, 3.63) is 40.1 Å².